The molecule has 2 heterocycles. The number of pyridine rings is 1. The van der Waals surface area contributed by atoms with E-state index in [1.807, 2.05) is 25.1 Å². The van der Waals surface area contributed by atoms with E-state index in [0.717, 1.165) is 16.5 Å². The normalized spacial score (nSPS) is 16.2. The summed E-state index contributed by atoms with van der Waals surface area (Å²) in [5.74, 6) is 1.35. The molecule has 1 amide bonds. The zero-order valence-corrected chi connectivity index (χ0v) is 15.6. The Morgan fingerprint density at radius 3 is 2.74 bits per heavy atom. The number of methoxy groups -OCH3 is 1. The van der Waals surface area contributed by atoms with Crippen molar-refractivity contribution >= 4 is 22.5 Å². The SMILES string of the molecule is COc1ccc(O)cc1-c1cc(C)c2cc3c(cc2n1)N(C)C(=O)C(C)O3. The lowest BCUT2D eigenvalue weighted by Crippen LogP contribution is -2.41. The standard InChI is InChI=1S/C21H20N2O4/c1-11-7-16(15-8-13(24)5-6-19(15)26-4)22-17-10-18-20(9-14(11)17)27-12(2)21(25)23(18)3/h5-10,12,24H,1-4H3. The highest BCUT2D eigenvalue weighted by atomic mass is 16.5. The van der Waals surface area contributed by atoms with Crippen LogP contribution in [0.1, 0.15) is 12.5 Å². The maximum Gasteiger partial charge on any atom is 0.267 e. The fourth-order valence-corrected chi connectivity index (χ4v) is 3.43. The molecule has 1 aromatic heterocycles. The molecule has 4 rings (SSSR count). The van der Waals surface area contributed by atoms with E-state index >= 15 is 0 Å². The second kappa shape index (κ2) is 6.16. The number of aromatic hydroxyl groups is 1. The number of aryl methyl sites for hydroxylation is 1. The minimum atomic E-state index is -0.510. The third-order valence-electron chi connectivity index (χ3n) is 4.90. The fraction of sp³-hybridized carbons (Fsp3) is 0.238. The number of amides is 1. The number of aromatic nitrogens is 1. The molecule has 138 valence electrons. The van der Waals surface area contributed by atoms with E-state index in [1.54, 1.807) is 44.2 Å². The summed E-state index contributed by atoms with van der Waals surface area (Å²) in [4.78, 5) is 18.6. The van der Waals surface area contributed by atoms with Crippen LogP contribution in [0, 0.1) is 6.92 Å². The molecule has 6 heteroatoms. The van der Waals surface area contributed by atoms with Crippen molar-refractivity contribution in [3.05, 3.63) is 42.0 Å². The van der Waals surface area contributed by atoms with Crippen molar-refractivity contribution in [1.82, 2.24) is 4.98 Å². The van der Waals surface area contributed by atoms with Crippen LogP contribution in [0.3, 0.4) is 0 Å². The van der Waals surface area contributed by atoms with E-state index in [-0.39, 0.29) is 11.7 Å². The highest BCUT2D eigenvalue weighted by molar-refractivity contribution is 6.02. The Hall–Kier alpha value is -3.28. The van der Waals surface area contributed by atoms with Crippen LogP contribution in [-0.4, -0.2) is 36.3 Å². The number of hydrogen-bond donors (Lipinski definition) is 1. The predicted octanol–water partition coefficient (Wildman–Crippen LogP) is 3.67. The molecule has 27 heavy (non-hydrogen) atoms. The third kappa shape index (κ3) is 2.73. The monoisotopic (exact) mass is 364 g/mol. The molecule has 0 radical (unpaired) electrons. The quantitative estimate of drug-likeness (QED) is 0.751. The van der Waals surface area contributed by atoms with Gasteiger partial charge in [0.1, 0.15) is 17.2 Å². The number of nitrogens with zero attached hydrogens (tertiary/aromatic N) is 2. The second-order valence-corrected chi connectivity index (χ2v) is 6.70. The largest absolute Gasteiger partial charge is 0.508 e. The van der Waals surface area contributed by atoms with Crippen LogP contribution in [0.25, 0.3) is 22.2 Å². The van der Waals surface area contributed by atoms with Crippen molar-refractivity contribution in [1.29, 1.82) is 0 Å². The van der Waals surface area contributed by atoms with Crippen LogP contribution in [0.4, 0.5) is 5.69 Å². The molecule has 3 aromatic rings. The first-order valence-corrected chi connectivity index (χ1v) is 8.66. The molecule has 1 N–H and O–H groups in total. The van der Waals surface area contributed by atoms with Gasteiger partial charge in [-0.3, -0.25) is 4.79 Å². The molecule has 0 bridgehead atoms. The Morgan fingerprint density at radius 2 is 2.00 bits per heavy atom. The van der Waals surface area contributed by atoms with Gasteiger partial charge in [0.2, 0.25) is 0 Å². The number of carbonyl (C=O) groups excluding carboxylic acids is 1. The van der Waals surface area contributed by atoms with Crippen LogP contribution in [0.15, 0.2) is 36.4 Å². The van der Waals surface area contributed by atoms with Gasteiger partial charge in [0.15, 0.2) is 6.10 Å². The number of hydrogen-bond acceptors (Lipinski definition) is 5. The van der Waals surface area contributed by atoms with Gasteiger partial charge in [-0.15, -0.1) is 0 Å². The maximum atomic E-state index is 12.2. The summed E-state index contributed by atoms with van der Waals surface area (Å²) in [5, 5.41) is 10.8. The summed E-state index contributed by atoms with van der Waals surface area (Å²) in [6, 6.07) is 10.7. The van der Waals surface area contributed by atoms with E-state index < -0.39 is 6.10 Å². The molecule has 0 saturated carbocycles. The van der Waals surface area contributed by atoms with Crippen molar-refractivity contribution in [3.8, 4) is 28.5 Å². The van der Waals surface area contributed by atoms with Crippen LogP contribution in [0.5, 0.6) is 17.2 Å². The first-order valence-electron chi connectivity index (χ1n) is 8.66. The van der Waals surface area contributed by atoms with Crippen molar-refractivity contribution in [3.63, 3.8) is 0 Å². The van der Waals surface area contributed by atoms with Gasteiger partial charge in [-0.05, 0) is 55.8 Å². The molecule has 0 fully saturated rings. The van der Waals surface area contributed by atoms with Gasteiger partial charge in [0.05, 0.1) is 24.0 Å². The van der Waals surface area contributed by atoms with E-state index in [1.165, 1.54) is 0 Å². The minimum Gasteiger partial charge on any atom is -0.508 e. The molecular weight excluding hydrogens is 344 g/mol. The molecule has 6 nitrogen and oxygen atoms in total. The van der Waals surface area contributed by atoms with Crippen molar-refractivity contribution in [2.24, 2.45) is 0 Å². The fourth-order valence-electron chi connectivity index (χ4n) is 3.43. The Kier molecular flexibility index (Phi) is 3.91. The highest BCUT2D eigenvalue weighted by Crippen LogP contribution is 2.39. The third-order valence-corrected chi connectivity index (χ3v) is 4.90. The number of rotatable bonds is 2. The topological polar surface area (TPSA) is 71.9 Å². The summed E-state index contributed by atoms with van der Waals surface area (Å²) in [7, 11) is 3.32. The number of ether oxygens (including phenoxy) is 2. The van der Waals surface area contributed by atoms with Crippen LogP contribution < -0.4 is 14.4 Å². The van der Waals surface area contributed by atoms with Crippen molar-refractivity contribution in [2.75, 3.05) is 19.1 Å². The van der Waals surface area contributed by atoms with Crippen LogP contribution in [-0.2, 0) is 4.79 Å². The summed E-state index contributed by atoms with van der Waals surface area (Å²) < 4.78 is 11.2. The maximum absolute atomic E-state index is 12.2. The zero-order valence-electron chi connectivity index (χ0n) is 15.6. The van der Waals surface area contributed by atoms with Crippen LogP contribution in [0.2, 0.25) is 0 Å². The van der Waals surface area contributed by atoms with Gasteiger partial charge in [-0.2, -0.15) is 0 Å². The van der Waals surface area contributed by atoms with Gasteiger partial charge in [0.25, 0.3) is 5.91 Å². The Labute approximate surface area is 157 Å². The van der Waals surface area contributed by atoms with E-state index in [9.17, 15) is 9.90 Å². The number of phenolic OH excluding ortho intramolecular Hbond substituents is 1. The average Bonchev–Trinajstić information content (AvgIpc) is 2.65. The van der Waals surface area contributed by atoms with Gasteiger partial charge in [-0.1, -0.05) is 0 Å². The molecule has 0 saturated heterocycles. The molecule has 1 unspecified atom stereocenters. The molecule has 2 aromatic carbocycles. The van der Waals surface area contributed by atoms with Gasteiger partial charge < -0.3 is 19.5 Å². The predicted molar refractivity (Wildman–Crippen MR) is 104 cm³/mol. The lowest BCUT2D eigenvalue weighted by atomic mass is 10.0. The molecule has 1 atom stereocenters. The zero-order chi connectivity index (χ0) is 19.3. The Morgan fingerprint density at radius 1 is 1.22 bits per heavy atom. The second-order valence-electron chi connectivity index (χ2n) is 6.70. The molecule has 1 aliphatic rings. The first kappa shape index (κ1) is 17.1. The molecular formula is C21H20N2O4. The summed E-state index contributed by atoms with van der Waals surface area (Å²) in [6.07, 6.45) is -0.510. The van der Waals surface area contributed by atoms with Gasteiger partial charge in [0, 0.05) is 18.0 Å². The average molecular weight is 364 g/mol. The molecule has 1 aliphatic heterocycles. The summed E-state index contributed by atoms with van der Waals surface area (Å²) in [5.41, 5.74) is 3.84. The van der Waals surface area contributed by atoms with Crippen LogP contribution >= 0.6 is 0 Å². The van der Waals surface area contributed by atoms with E-state index in [2.05, 4.69) is 0 Å². The smallest absolute Gasteiger partial charge is 0.267 e. The Bertz CT molecular complexity index is 1080. The number of likely N-dealkylation sites (N-methyl/N-ethyl adjacent to an activating group) is 1. The highest BCUT2D eigenvalue weighted by Gasteiger charge is 2.29. The van der Waals surface area contributed by atoms with Gasteiger partial charge in [-0.25, -0.2) is 4.98 Å². The number of fused-ring (bicyclic) bond motifs is 2. The molecule has 0 spiro atoms. The summed E-state index contributed by atoms with van der Waals surface area (Å²) >= 11 is 0. The minimum absolute atomic E-state index is 0.0932. The number of phenols is 1. The van der Waals surface area contributed by atoms with Crippen molar-refractivity contribution < 1.29 is 19.4 Å². The number of anilines is 1. The molecule has 0 aliphatic carbocycles. The lowest BCUT2D eigenvalue weighted by Gasteiger charge is -2.30. The van der Waals surface area contributed by atoms with Gasteiger partial charge >= 0.3 is 0 Å². The first-order chi connectivity index (χ1) is 12.9. The Balaban J connectivity index is 1.94. The van der Waals surface area contributed by atoms with E-state index in [0.29, 0.717) is 28.4 Å². The summed E-state index contributed by atoms with van der Waals surface area (Å²) in [6.45, 7) is 3.74. The van der Waals surface area contributed by atoms with E-state index in [4.69, 9.17) is 14.5 Å². The number of carbonyl (C=O) groups is 1. The lowest BCUT2D eigenvalue weighted by molar-refractivity contribution is -0.125. The number of benzene rings is 2. The van der Waals surface area contributed by atoms with Crippen molar-refractivity contribution in [2.45, 2.75) is 20.0 Å².